The summed E-state index contributed by atoms with van der Waals surface area (Å²) in [5, 5.41) is 14.5. The number of anilines is 1. The Morgan fingerprint density at radius 3 is 2.40 bits per heavy atom. The van der Waals surface area contributed by atoms with Gasteiger partial charge in [-0.15, -0.1) is 0 Å². The molecule has 2 aliphatic rings. The number of hydrogen-bond acceptors (Lipinski definition) is 8. The van der Waals surface area contributed by atoms with E-state index in [-0.39, 0.29) is 22.8 Å². The van der Waals surface area contributed by atoms with E-state index in [0.717, 1.165) is 0 Å². The molecule has 2 aliphatic heterocycles. The smallest absolute Gasteiger partial charge is 0.327 e. The van der Waals surface area contributed by atoms with Crippen LogP contribution in [0.15, 0.2) is 39.2 Å². The van der Waals surface area contributed by atoms with Gasteiger partial charge in [-0.3, -0.25) is 24.4 Å². The first-order valence-electron chi connectivity index (χ1n) is 8.73. The van der Waals surface area contributed by atoms with Gasteiger partial charge in [0.15, 0.2) is 23.2 Å². The average molecular weight is 409 g/mol. The van der Waals surface area contributed by atoms with Crippen LogP contribution < -0.4 is 31.4 Å². The number of allylic oxidation sites excluding steroid dienone is 1. The van der Waals surface area contributed by atoms with E-state index in [1.54, 1.807) is 24.3 Å². The molecule has 11 nitrogen and oxygen atoms in total. The molecule has 4 rings (SSSR count). The van der Waals surface area contributed by atoms with Crippen LogP contribution in [0, 0.1) is 17.2 Å². The standard InChI is InChI=1S/C19H15N5O6/c1-29-9-4-3-7(5-10(9)30-2)11-12-14(25)8(6-20)17(26)22-15(12)21-16-13(11)18(27)24-19(28)23-16/h3-5,8,11H,1-2H3,(H,22,26)(H3,21,23,24,27,28). The van der Waals surface area contributed by atoms with E-state index in [1.807, 2.05) is 0 Å². The fourth-order valence-corrected chi connectivity index (χ4v) is 3.67. The molecule has 0 fully saturated rings. The maximum Gasteiger partial charge on any atom is 0.327 e. The molecule has 1 aromatic carbocycles. The third-order valence-corrected chi connectivity index (χ3v) is 4.98. The number of aromatic nitrogens is 2. The number of nitrogens with one attached hydrogen (secondary N) is 4. The molecule has 0 saturated heterocycles. The van der Waals surface area contributed by atoms with Crippen LogP contribution in [0.5, 0.6) is 11.5 Å². The van der Waals surface area contributed by atoms with Crippen LogP contribution in [0.2, 0.25) is 0 Å². The van der Waals surface area contributed by atoms with Gasteiger partial charge in [0.05, 0.1) is 37.3 Å². The van der Waals surface area contributed by atoms with E-state index in [4.69, 9.17) is 9.47 Å². The third kappa shape index (κ3) is 2.74. The molecule has 2 atom stereocenters. The van der Waals surface area contributed by atoms with Crippen molar-refractivity contribution in [3.63, 3.8) is 0 Å². The Morgan fingerprint density at radius 1 is 1.00 bits per heavy atom. The number of methoxy groups -OCH3 is 2. The number of carbonyl (C=O) groups is 2. The third-order valence-electron chi connectivity index (χ3n) is 4.98. The molecule has 0 radical (unpaired) electrons. The number of aromatic amines is 2. The molecule has 11 heteroatoms. The molecule has 2 aromatic rings. The summed E-state index contributed by atoms with van der Waals surface area (Å²) in [5.74, 6) is -3.26. The van der Waals surface area contributed by atoms with Crippen LogP contribution in [0.4, 0.5) is 5.82 Å². The summed E-state index contributed by atoms with van der Waals surface area (Å²) in [6, 6.07) is 6.49. The molecule has 1 amide bonds. The molecule has 0 saturated carbocycles. The first-order chi connectivity index (χ1) is 14.4. The molecule has 2 unspecified atom stereocenters. The molecule has 152 valence electrons. The molecule has 4 N–H and O–H groups in total. The topological polar surface area (TPSA) is 166 Å². The zero-order chi connectivity index (χ0) is 21.6. The molecular formula is C19H15N5O6. The molecule has 3 heterocycles. The summed E-state index contributed by atoms with van der Waals surface area (Å²) in [6.07, 6.45) is 0. The number of H-pyrrole nitrogens is 2. The number of nitriles is 1. The molecule has 30 heavy (non-hydrogen) atoms. The van der Waals surface area contributed by atoms with E-state index < -0.39 is 34.8 Å². The first kappa shape index (κ1) is 19.0. The highest BCUT2D eigenvalue weighted by Gasteiger charge is 2.45. The Kier molecular flexibility index (Phi) is 4.39. The second-order valence-electron chi connectivity index (χ2n) is 6.57. The number of hydrogen-bond donors (Lipinski definition) is 4. The summed E-state index contributed by atoms with van der Waals surface area (Å²) >= 11 is 0. The second kappa shape index (κ2) is 6.93. The van der Waals surface area contributed by atoms with Gasteiger partial charge in [-0.25, -0.2) is 4.79 Å². The Balaban J connectivity index is 2.02. The lowest BCUT2D eigenvalue weighted by Crippen LogP contribution is -2.48. The van der Waals surface area contributed by atoms with Crippen LogP contribution in [0.1, 0.15) is 17.0 Å². The van der Waals surface area contributed by atoms with E-state index in [0.29, 0.717) is 17.1 Å². The van der Waals surface area contributed by atoms with Crippen LogP contribution in [-0.2, 0) is 9.59 Å². The number of benzene rings is 1. The predicted octanol–water partition coefficient (Wildman–Crippen LogP) is -0.312. The van der Waals surface area contributed by atoms with Crippen molar-refractivity contribution in [3.8, 4) is 17.6 Å². The summed E-state index contributed by atoms with van der Waals surface area (Å²) in [6.45, 7) is 0. The average Bonchev–Trinajstić information content (AvgIpc) is 2.71. The minimum absolute atomic E-state index is 0.00466. The number of nitrogens with zero attached hydrogens (tertiary/aromatic N) is 1. The Hall–Kier alpha value is -4.33. The van der Waals surface area contributed by atoms with Gasteiger partial charge in [0, 0.05) is 0 Å². The van der Waals surface area contributed by atoms with Crippen molar-refractivity contribution in [3.05, 3.63) is 61.6 Å². The Bertz CT molecular complexity index is 1280. The number of ether oxygens (including phenoxy) is 2. The summed E-state index contributed by atoms with van der Waals surface area (Å²) in [7, 11) is 2.90. The number of amides is 1. The highest BCUT2D eigenvalue weighted by Crippen LogP contribution is 2.43. The van der Waals surface area contributed by atoms with Gasteiger partial charge in [0.2, 0.25) is 0 Å². The van der Waals surface area contributed by atoms with Gasteiger partial charge < -0.3 is 20.1 Å². The second-order valence-corrected chi connectivity index (χ2v) is 6.57. The van der Waals surface area contributed by atoms with Gasteiger partial charge in [-0.2, -0.15) is 5.26 Å². The summed E-state index contributed by atoms with van der Waals surface area (Å²) < 4.78 is 10.6. The maximum atomic E-state index is 13.0. The van der Waals surface area contributed by atoms with Crippen molar-refractivity contribution in [2.75, 3.05) is 19.5 Å². The van der Waals surface area contributed by atoms with E-state index in [2.05, 4.69) is 20.6 Å². The lowest BCUT2D eigenvalue weighted by atomic mass is 9.77. The zero-order valence-corrected chi connectivity index (χ0v) is 15.8. The lowest BCUT2D eigenvalue weighted by molar-refractivity contribution is -0.130. The van der Waals surface area contributed by atoms with Crippen molar-refractivity contribution in [2.24, 2.45) is 5.92 Å². The number of Topliss-reactive ketones (excluding diaryl/α,β-unsaturated/α-hetero) is 1. The lowest BCUT2D eigenvalue weighted by Gasteiger charge is -2.33. The number of fused-ring (bicyclic) bond motifs is 1. The monoisotopic (exact) mass is 409 g/mol. The normalized spacial score (nSPS) is 19.8. The van der Waals surface area contributed by atoms with Crippen LogP contribution >= 0.6 is 0 Å². The van der Waals surface area contributed by atoms with E-state index >= 15 is 0 Å². The Morgan fingerprint density at radius 2 is 1.73 bits per heavy atom. The number of rotatable bonds is 3. The fourth-order valence-electron chi connectivity index (χ4n) is 3.67. The highest BCUT2D eigenvalue weighted by molar-refractivity contribution is 6.16. The first-order valence-corrected chi connectivity index (χ1v) is 8.73. The van der Waals surface area contributed by atoms with Gasteiger partial charge in [-0.05, 0) is 17.7 Å². The molecule has 0 bridgehead atoms. The fraction of sp³-hybridized carbons (Fsp3) is 0.211. The quantitative estimate of drug-likeness (QED) is 0.501. The van der Waals surface area contributed by atoms with Gasteiger partial charge in [0.1, 0.15) is 11.6 Å². The van der Waals surface area contributed by atoms with Gasteiger partial charge >= 0.3 is 5.69 Å². The minimum Gasteiger partial charge on any atom is -0.493 e. The predicted molar refractivity (Wildman–Crippen MR) is 102 cm³/mol. The van der Waals surface area contributed by atoms with Crippen molar-refractivity contribution in [2.45, 2.75) is 5.92 Å². The van der Waals surface area contributed by atoms with Crippen LogP contribution in [-0.4, -0.2) is 35.9 Å². The van der Waals surface area contributed by atoms with Crippen molar-refractivity contribution in [1.29, 1.82) is 5.26 Å². The van der Waals surface area contributed by atoms with E-state index in [9.17, 15) is 24.4 Å². The SMILES string of the molecule is COc1ccc(C2C3=C(NC(=O)C(C#N)C3=O)Nc3[nH]c(=O)[nH]c(=O)c32)cc1OC. The summed E-state index contributed by atoms with van der Waals surface area (Å²) in [4.78, 5) is 54.3. The van der Waals surface area contributed by atoms with E-state index in [1.165, 1.54) is 14.2 Å². The maximum absolute atomic E-state index is 13.0. The van der Waals surface area contributed by atoms with Gasteiger partial charge in [-0.1, -0.05) is 6.07 Å². The van der Waals surface area contributed by atoms with Crippen molar-refractivity contribution < 1.29 is 19.1 Å². The van der Waals surface area contributed by atoms with Crippen molar-refractivity contribution in [1.82, 2.24) is 15.3 Å². The van der Waals surface area contributed by atoms with Gasteiger partial charge in [0.25, 0.3) is 11.5 Å². The Labute approximate surface area is 168 Å². The molecule has 1 aromatic heterocycles. The zero-order valence-electron chi connectivity index (χ0n) is 15.8. The number of carbonyl (C=O) groups excluding carboxylic acids is 2. The summed E-state index contributed by atoms with van der Waals surface area (Å²) in [5.41, 5.74) is -0.933. The highest BCUT2D eigenvalue weighted by atomic mass is 16.5. The largest absolute Gasteiger partial charge is 0.493 e. The number of ketones is 1. The van der Waals surface area contributed by atoms with Crippen LogP contribution in [0.3, 0.4) is 0 Å². The molecule has 0 aliphatic carbocycles. The molecule has 0 spiro atoms. The minimum atomic E-state index is -1.56. The van der Waals surface area contributed by atoms with Crippen molar-refractivity contribution >= 4 is 17.5 Å². The molecular weight excluding hydrogens is 394 g/mol. The van der Waals surface area contributed by atoms with Crippen LogP contribution in [0.25, 0.3) is 0 Å².